The highest BCUT2D eigenvalue weighted by atomic mass is 35.5. The third-order valence-corrected chi connectivity index (χ3v) is 6.41. The lowest BCUT2D eigenvalue weighted by molar-refractivity contribution is 0.601. The monoisotopic (exact) mass is 439 g/mol. The average Bonchev–Trinajstić information content (AvgIpc) is 2.70. The lowest BCUT2D eigenvalue weighted by Crippen LogP contribution is -2.22. The molecule has 4 rings (SSSR count). The predicted octanol–water partition coefficient (Wildman–Crippen LogP) is 4.46. The molecule has 1 aromatic heterocycles. The molecule has 1 heterocycles. The Bertz CT molecular complexity index is 1430. The van der Waals surface area contributed by atoms with E-state index in [0.29, 0.717) is 38.7 Å². The fraction of sp³-hybridized carbons (Fsp3) is 0.0909. The van der Waals surface area contributed by atoms with Gasteiger partial charge in [-0.2, -0.15) is 0 Å². The van der Waals surface area contributed by atoms with Crippen molar-refractivity contribution in [2.75, 3.05) is 4.72 Å². The molecule has 0 unspecified atom stereocenters. The van der Waals surface area contributed by atoms with E-state index in [2.05, 4.69) is 9.71 Å². The molecular formula is C22H18ClN3O3S. The van der Waals surface area contributed by atoms with Crippen molar-refractivity contribution in [3.8, 4) is 5.69 Å². The summed E-state index contributed by atoms with van der Waals surface area (Å²) in [4.78, 5) is 17.6. The van der Waals surface area contributed by atoms with Crippen molar-refractivity contribution in [2.45, 2.75) is 18.7 Å². The van der Waals surface area contributed by atoms with Gasteiger partial charge < -0.3 is 0 Å². The Morgan fingerprint density at radius 2 is 1.67 bits per heavy atom. The van der Waals surface area contributed by atoms with Crippen LogP contribution in [0.5, 0.6) is 0 Å². The third-order valence-electron chi connectivity index (χ3n) is 4.78. The van der Waals surface area contributed by atoms with E-state index in [1.165, 1.54) is 28.8 Å². The number of halogens is 1. The largest absolute Gasteiger partial charge is 0.279 e. The summed E-state index contributed by atoms with van der Waals surface area (Å²) in [6.07, 6.45) is 0. The average molecular weight is 440 g/mol. The van der Waals surface area contributed by atoms with Crippen LogP contribution in [-0.2, 0) is 10.0 Å². The predicted molar refractivity (Wildman–Crippen MR) is 119 cm³/mol. The van der Waals surface area contributed by atoms with E-state index < -0.39 is 10.0 Å². The molecule has 8 heteroatoms. The smallest absolute Gasteiger partial charge is 0.265 e. The SMILES string of the molecule is Cc1cc(-n2c(C)nc3ccccc3c2=O)ccc1NS(=O)(=O)c1ccc(Cl)cc1. The summed E-state index contributed by atoms with van der Waals surface area (Å²) >= 11 is 5.84. The quantitative estimate of drug-likeness (QED) is 0.509. The molecule has 1 N–H and O–H groups in total. The summed E-state index contributed by atoms with van der Waals surface area (Å²) in [5.41, 5.74) is 2.17. The molecule has 0 saturated carbocycles. The second-order valence-electron chi connectivity index (χ2n) is 6.88. The number of hydrogen-bond donors (Lipinski definition) is 1. The summed E-state index contributed by atoms with van der Waals surface area (Å²) in [5, 5.41) is 0.979. The summed E-state index contributed by atoms with van der Waals surface area (Å²) in [7, 11) is -3.76. The van der Waals surface area contributed by atoms with Gasteiger partial charge in [-0.25, -0.2) is 13.4 Å². The fourth-order valence-corrected chi connectivity index (χ4v) is 4.52. The molecule has 0 aliphatic carbocycles. The summed E-state index contributed by atoms with van der Waals surface area (Å²) < 4.78 is 29.4. The van der Waals surface area contributed by atoms with Crippen molar-refractivity contribution in [1.82, 2.24) is 9.55 Å². The van der Waals surface area contributed by atoms with Gasteiger partial charge in [0.25, 0.3) is 15.6 Å². The highest BCUT2D eigenvalue weighted by molar-refractivity contribution is 7.92. The van der Waals surface area contributed by atoms with Crippen LogP contribution in [0.4, 0.5) is 5.69 Å². The molecule has 0 fully saturated rings. The number of nitrogens with one attached hydrogen (secondary N) is 1. The van der Waals surface area contributed by atoms with Crippen LogP contribution in [0, 0.1) is 13.8 Å². The maximum atomic E-state index is 13.0. The van der Waals surface area contributed by atoms with E-state index in [1.54, 1.807) is 50.2 Å². The zero-order chi connectivity index (χ0) is 21.5. The van der Waals surface area contributed by atoms with Crippen molar-refractivity contribution in [3.05, 3.63) is 93.5 Å². The number of fused-ring (bicyclic) bond motifs is 1. The van der Waals surface area contributed by atoms with Crippen LogP contribution in [0.25, 0.3) is 16.6 Å². The van der Waals surface area contributed by atoms with Gasteiger partial charge >= 0.3 is 0 Å². The summed E-state index contributed by atoms with van der Waals surface area (Å²) in [6, 6.07) is 18.2. The molecule has 0 aliphatic rings. The van der Waals surface area contributed by atoms with Crippen molar-refractivity contribution < 1.29 is 8.42 Å². The van der Waals surface area contributed by atoms with Crippen LogP contribution < -0.4 is 10.3 Å². The molecule has 4 aromatic rings. The lowest BCUT2D eigenvalue weighted by atomic mass is 10.1. The van der Waals surface area contributed by atoms with Crippen LogP contribution in [0.15, 0.2) is 76.4 Å². The first kappa shape index (κ1) is 20.1. The molecule has 0 bridgehead atoms. The first-order valence-corrected chi connectivity index (χ1v) is 11.0. The van der Waals surface area contributed by atoms with E-state index in [1.807, 2.05) is 6.07 Å². The number of aryl methyl sites for hydroxylation is 2. The number of aromatic nitrogens is 2. The van der Waals surface area contributed by atoms with E-state index in [9.17, 15) is 13.2 Å². The van der Waals surface area contributed by atoms with Gasteiger partial charge in [-0.1, -0.05) is 23.7 Å². The van der Waals surface area contributed by atoms with Crippen molar-refractivity contribution >= 4 is 38.2 Å². The second-order valence-corrected chi connectivity index (χ2v) is 8.99. The number of nitrogens with zero attached hydrogens (tertiary/aromatic N) is 2. The zero-order valence-corrected chi connectivity index (χ0v) is 17.8. The van der Waals surface area contributed by atoms with E-state index >= 15 is 0 Å². The van der Waals surface area contributed by atoms with Crippen molar-refractivity contribution in [2.24, 2.45) is 0 Å². The number of rotatable bonds is 4. The number of hydrogen-bond acceptors (Lipinski definition) is 4. The number of sulfonamides is 1. The molecule has 0 atom stereocenters. The number of benzene rings is 3. The molecule has 6 nitrogen and oxygen atoms in total. The first-order valence-electron chi connectivity index (χ1n) is 9.14. The minimum Gasteiger partial charge on any atom is -0.279 e. The summed E-state index contributed by atoms with van der Waals surface area (Å²) in [5.74, 6) is 0.549. The fourth-order valence-electron chi connectivity index (χ4n) is 3.27. The van der Waals surface area contributed by atoms with Gasteiger partial charge in [0.1, 0.15) is 5.82 Å². The highest BCUT2D eigenvalue weighted by Crippen LogP contribution is 2.23. The van der Waals surface area contributed by atoms with Crippen molar-refractivity contribution in [1.29, 1.82) is 0 Å². The third kappa shape index (κ3) is 3.69. The van der Waals surface area contributed by atoms with Gasteiger partial charge in [-0.3, -0.25) is 14.1 Å². The molecule has 3 aromatic carbocycles. The van der Waals surface area contributed by atoms with E-state index in [-0.39, 0.29) is 10.5 Å². The topological polar surface area (TPSA) is 81.1 Å². The van der Waals surface area contributed by atoms with Crippen molar-refractivity contribution in [3.63, 3.8) is 0 Å². The van der Waals surface area contributed by atoms with E-state index in [4.69, 9.17) is 11.6 Å². The minimum absolute atomic E-state index is 0.112. The first-order chi connectivity index (χ1) is 14.3. The highest BCUT2D eigenvalue weighted by Gasteiger charge is 2.16. The molecule has 0 radical (unpaired) electrons. The minimum atomic E-state index is -3.76. The summed E-state index contributed by atoms with van der Waals surface area (Å²) in [6.45, 7) is 3.54. The maximum Gasteiger partial charge on any atom is 0.265 e. The number of anilines is 1. The van der Waals surface area contributed by atoms with Gasteiger partial charge in [-0.05, 0) is 74.0 Å². The molecular weight excluding hydrogens is 422 g/mol. The molecule has 152 valence electrons. The molecule has 30 heavy (non-hydrogen) atoms. The molecule has 0 amide bonds. The molecule has 0 spiro atoms. The Kier molecular flexibility index (Phi) is 5.09. The number of para-hydroxylation sites is 1. The van der Waals surface area contributed by atoms with E-state index in [0.717, 1.165) is 0 Å². The van der Waals surface area contributed by atoms with Gasteiger partial charge in [0.15, 0.2) is 0 Å². The lowest BCUT2D eigenvalue weighted by Gasteiger charge is -2.15. The molecule has 0 saturated heterocycles. The van der Waals surface area contributed by atoms with Crippen LogP contribution in [0.3, 0.4) is 0 Å². The normalized spacial score (nSPS) is 11.6. The maximum absolute atomic E-state index is 13.0. The van der Waals surface area contributed by atoms with Gasteiger partial charge in [0.2, 0.25) is 0 Å². The Hall–Kier alpha value is -3.16. The molecule has 0 aliphatic heterocycles. The Balaban J connectivity index is 1.73. The Morgan fingerprint density at radius 1 is 0.967 bits per heavy atom. The second kappa shape index (κ2) is 7.59. The van der Waals surface area contributed by atoms with Crippen LogP contribution in [-0.4, -0.2) is 18.0 Å². The van der Waals surface area contributed by atoms with Crippen LogP contribution >= 0.6 is 11.6 Å². The Labute approximate surface area is 178 Å². The van der Waals surface area contributed by atoms with Crippen LogP contribution in [0.1, 0.15) is 11.4 Å². The van der Waals surface area contributed by atoms with Gasteiger partial charge in [0.05, 0.1) is 27.2 Å². The zero-order valence-electron chi connectivity index (χ0n) is 16.3. The van der Waals surface area contributed by atoms with Crippen LogP contribution in [0.2, 0.25) is 5.02 Å². The Morgan fingerprint density at radius 3 is 2.37 bits per heavy atom. The van der Waals surface area contributed by atoms with Gasteiger partial charge in [0, 0.05) is 5.02 Å². The van der Waals surface area contributed by atoms with Gasteiger partial charge in [-0.15, -0.1) is 0 Å². The standard InChI is InChI=1S/C22H18ClN3O3S/c1-14-13-17(26-15(2)24-21-6-4-3-5-19(21)22(26)27)9-12-20(14)25-30(28,29)18-10-7-16(23)8-11-18/h3-13,25H,1-2H3.